The summed E-state index contributed by atoms with van der Waals surface area (Å²) in [6.45, 7) is 4.25. The fourth-order valence-electron chi connectivity index (χ4n) is 2.06. The first-order chi connectivity index (χ1) is 11.7. The van der Waals surface area contributed by atoms with Crippen LogP contribution in [0.15, 0.2) is 47.6 Å². The highest BCUT2D eigenvalue weighted by atomic mass is 16.6. The summed E-state index contributed by atoms with van der Waals surface area (Å²) in [4.78, 5) is 10.8. The summed E-state index contributed by atoms with van der Waals surface area (Å²) < 4.78 is 10.9. The quantitative estimate of drug-likeness (QED) is 0.452. The van der Waals surface area contributed by atoms with Crippen molar-refractivity contribution in [1.82, 2.24) is 0 Å². The molecule has 0 saturated carbocycles. The second-order valence-corrected chi connectivity index (χ2v) is 4.73. The van der Waals surface area contributed by atoms with E-state index in [1.807, 2.05) is 30.3 Å². The van der Waals surface area contributed by atoms with Gasteiger partial charge in [-0.25, -0.2) is 0 Å². The number of nitro groups is 1. The molecule has 126 valence electrons. The standard InChI is InChI=1S/C17H19N3O4/c1-3-23-16-11-13(10-15(20(21)22)17(16)24-4-2)12-18-19-14-8-6-5-7-9-14/h5-12,19H,3-4H2,1-2H3/b18-12+. The number of hydrogen-bond acceptors (Lipinski definition) is 6. The van der Waals surface area contributed by atoms with Gasteiger partial charge in [0, 0.05) is 11.6 Å². The molecule has 0 heterocycles. The van der Waals surface area contributed by atoms with Gasteiger partial charge in [0.05, 0.1) is 30.0 Å². The van der Waals surface area contributed by atoms with Crippen molar-refractivity contribution >= 4 is 17.6 Å². The number of para-hydroxylation sites is 1. The van der Waals surface area contributed by atoms with E-state index in [1.54, 1.807) is 19.9 Å². The minimum absolute atomic E-state index is 0.137. The predicted octanol–water partition coefficient (Wildman–Crippen LogP) is 3.84. The van der Waals surface area contributed by atoms with Crippen LogP contribution in [0.3, 0.4) is 0 Å². The van der Waals surface area contributed by atoms with Gasteiger partial charge in [0.15, 0.2) is 5.75 Å². The molecular weight excluding hydrogens is 310 g/mol. The molecule has 0 spiro atoms. The molecule has 7 nitrogen and oxygen atoms in total. The zero-order valence-corrected chi connectivity index (χ0v) is 13.6. The fraction of sp³-hybridized carbons (Fsp3) is 0.235. The highest BCUT2D eigenvalue weighted by Crippen LogP contribution is 2.38. The third kappa shape index (κ3) is 4.45. The molecule has 0 radical (unpaired) electrons. The number of hydrazone groups is 1. The second-order valence-electron chi connectivity index (χ2n) is 4.73. The van der Waals surface area contributed by atoms with Crippen LogP contribution in [-0.2, 0) is 0 Å². The normalized spacial score (nSPS) is 10.6. The first-order valence-corrected chi connectivity index (χ1v) is 7.57. The van der Waals surface area contributed by atoms with Gasteiger partial charge in [0.1, 0.15) is 0 Å². The maximum absolute atomic E-state index is 11.3. The third-order valence-corrected chi connectivity index (χ3v) is 3.02. The molecule has 0 aliphatic rings. The summed E-state index contributed by atoms with van der Waals surface area (Å²) in [5.74, 6) is 0.465. The van der Waals surface area contributed by atoms with Crippen LogP contribution in [0.1, 0.15) is 19.4 Å². The Morgan fingerprint density at radius 3 is 2.50 bits per heavy atom. The number of anilines is 1. The van der Waals surface area contributed by atoms with Crippen molar-refractivity contribution in [3.05, 3.63) is 58.1 Å². The minimum Gasteiger partial charge on any atom is -0.490 e. The molecule has 24 heavy (non-hydrogen) atoms. The molecular formula is C17H19N3O4. The van der Waals surface area contributed by atoms with E-state index in [4.69, 9.17) is 9.47 Å². The molecule has 7 heteroatoms. The average molecular weight is 329 g/mol. The van der Waals surface area contributed by atoms with Crippen LogP contribution in [0.2, 0.25) is 0 Å². The Balaban J connectivity index is 2.30. The molecule has 0 atom stereocenters. The molecule has 0 unspecified atom stereocenters. The number of ether oxygens (including phenoxy) is 2. The van der Waals surface area contributed by atoms with Gasteiger partial charge in [-0.2, -0.15) is 5.10 Å². The number of hydrogen-bond donors (Lipinski definition) is 1. The van der Waals surface area contributed by atoms with Gasteiger partial charge in [-0.1, -0.05) is 18.2 Å². The lowest BCUT2D eigenvalue weighted by atomic mass is 10.2. The maximum Gasteiger partial charge on any atom is 0.315 e. The van der Waals surface area contributed by atoms with Crippen LogP contribution in [0.5, 0.6) is 11.5 Å². The topological polar surface area (TPSA) is 86.0 Å². The monoisotopic (exact) mass is 329 g/mol. The Morgan fingerprint density at radius 1 is 1.17 bits per heavy atom. The van der Waals surface area contributed by atoms with Gasteiger partial charge in [-0.05, 0) is 32.0 Å². The smallest absolute Gasteiger partial charge is 0.315 e. The third-order valence-electron chi connectivity index (χ3n) is 3.02. The van der Waals surface area contributed by atoms with Crippen LogP contribution in [-0.4, -0.2) is 24.4 Å². The first-order valence-electron chi connectivity index (χ1n) is 7.57. The molecule has 2 aromatic carbocycles. The minimum atomic E-state index is -0.491. The van der Waals surface area contributed by atoms with Crippen molar-refractivity contribution in [3.63, 3.8) is 0 Å². The van der Waals surface area contributed by atoms with E-state index < -0.39 is 4.92 Å². The molecule has 0 aliphatic carbocycles. The zero-order valence-electron chi connectivity index (χ0n) is 13.6. The number of nitro benzene ring substituents is 1. The Kier molecular flexibility index (Phi) is 6.13. The van der Waals surface area contributed by atoms with Crippen molar-refractivity contribution in [3.8, 4) is 11.5 Å². The Labute approximate surface area is 140 Å². The second kappa shape index (κ2) is 8.52. The van der Waals surface area contributed by atoms with Crippen molar-refractivity contribution in [2.75, 3.05) is 18.6 Å². The Bertz CT molecular complexity index is 717. The van der Waals surface area contributed by atoms with E-state index >= 15 is 0 Å². The van der Waals surface area contributed by atoms with Crippen molar-refractivity contribution < 1.29 is 14.4 Å². The molecule has 1 N–H and O–H groups in total. The zero-order chi connectivity index (χ0) is 17.4. The molecule has 2 aromatic rings. The highest BCUT2D eigenvalue weighted by molar-refractivity contribution is 5.83. The van der Waals surface area contributed by atoms with Crippen LogP contribution in [0.25, 0.3) is 0 Å². The van der Waals surface area contributed by atoms with E-state index in [2.05, 4.69) is 10.5 Å². The highest BCUT2D eigenvalue weighted by Gasteiger charge is 2.22. The van der Waals surface area contributed by atoms with Gasteiger partial charge in [-0.3, -0.25) is 15.5 Å². The summed E-state index contributed by atoms with van der Waals surface area (Å²) in [5.41, 5.74) is 4.07. The lowest BCUT2D eigenvalue weighted by molar-refractivity contribution is -0.385. The van der Waals surface area contributed by atoms with Crippen LogP contribution < -0.4 is 14.9 Å². The van der Waals surface area contributed by atoms with Crippen molar-refractivity contribution in [2.45, 2.75) is 13.8 Å². The molecule has 0 saturated heterocycles. The molecule has 0 aromatic heterocycles. The number of nitrogens with zero attached hydrogens (tertiary/aromatic N) is 2. The summed E-state index contributed by atoms with van der Waals surface area (Å²) in [7, 11) is 0. The summed E-state index contributed by atoms with van der Waals surface area (Å²) in [6, 6.07) is 12.5. The van der Waals surface area contributed by atoms with Gasteiger partial charge in [0.2, 0.25) is 5.75 Å². The lowest BCUT2D eigenvalue weighted by Crippen LogP contribution is -2.03. The van der Waals surface area contributed by atoms with E-state index in [9.17, 15) is 10.1 Å². The van der Waals surface area contributed by atoms with E-state index in [-0.39, 0.29) is 11.4 Å². The van der Waals surface area contributed by atoms with Crippen LogP contribution in [0, 0.1) is 10.1 Å². The van der Waals surface area contributed by atoms with Gasteiger partial charge in [-0.15, -0.1) is 0 Å². The first kappa shape index (κ1) is 17.3. The van der Waals surface area contributed by atoms with Crippen LogP contribution in [0.4, 0.5) is 11.4 Å². The number of nitrogens with one attached hydrogen (secondary N) is 1. The van der Waals surface area contributed by atoms with Gasteiger partial charge < -0.3 is 9.47 Å². The van der Waals surface area contributed by atoms with Crippen molar-refractivity contribution in [2.24, 2.45) is 5.10 Å². The maximum atomic E-state index is 11.3. The molecule has 2 rings (SSSR count). The van der Waals surface area contributed by atoms with Crippen LogP contribution >= 0.6 is 0 Å². The van der Waals surface area contributed by atoms with Gasteiger partial charge in [0.25, 0.3) is 0 Å². The van der Waals surface area contributed by atoms with E-state index in [0.717, 1.165) is 5.69 Å². The Hall–Kier alpha value is -3.09. The number of rotatable bonds is 8. The van der Waals surface area contributed by atoms with E-state index in [0.29, 0.717) is 24.5 Å². The average Bonchev–Trinajstić information content (AvgIpc) is 2.58. The summed E-state index contributed by atoms with van der Waals surface area (Å²) in [6.07, 6.45) is 1.50. The predicted molar refractivity (Wildman–Crippen MR) is 93.1 cm³/mol. The van der Waals surface area contributed by atoms with E-state index in [1.165, 1.54) is 12.3 Å². The largest absolute Gasteiger partial charge is 0.490 e. The SMILES string of the molecule is CCOc1cc(/C=N/Nc2ccccc2)cc([N+](=O)[O-])c1OCC. The Morgan fingerprint density at radius 2 is 1.88 bits per heavy atom. The molecule has 0 bridgehead atoms. The van der Waals surface area contributed by atoms with Crippen molar-refractivity contribution in [1.29, 1.82) is 0 Å². The number of benzene rings is 2. The fourth-order valence-corrected chi connectivity index (χ4v) is 2.06. The molecule has 0 fully saturated rings. The van der Waals surface area contributed by atoms with Gasteiger partial charge >= 0.3 is 5.69 Å². The summed E-state index contributed by atoms with van der Waals surface area (Å²) in [5, 5.41) is 15.4. The lowest BCUT2D eigenvalue weighted by Gasteiger charge is -2.11. The summed E-state index contributed by atoms with van der Waals surface area (Å²) >= 11 is 0. The molecule has 0 aliphatic heterocycles. The molecule has 0 amide bonds.